The Labute approximate surface area is 99.9 Å². The van der Waals surface area contributed by atoms with E-state index in [4.69, 9.17) is 0 Å². The number of hydrogen-bond acceptors (Lipinski definition) is 3. The molecule has 0 saturated carbocycles. The molecule has 16 heavy (non-hydrogen) atoms. The van der Waals surface area contributed by atoms with Crippen LogP contribution in [0.2, 0.25) is 0 Å². The number of carbonyl (C=O) groups is 2. The molecule has 0 unspecified atom stereocenters. The normalized spacial score (nSPS) is 9.69. The molecule has 0 aromatic heterocycles. The van der Waals surface area contributed by atoms with Gasteiger partial charge in [0.05, 0.1) is 11.6 Å². The van der Waals surface area contributed by atoms with Gasteiger partial charge in [-0.1, -0.05) is 0 Å². The van der Waals surface area contributed by atoms with Gasteiger partial charge in [-0.2, -0.15) is 0 Å². The smallest absolute Gasteiger partial charge is 0.325 e. The van der Waals surface area contributed by atoms with Crippen molar-refractivity contribution in [3.63, 3.8) is 0 Å². The summed E-state index contributed by atoms with van der Waals surface area (Å²) in [4.78, 5) is 22.2. The fourth-order valence-corrected chi connectivity index (χ4v) is 1.21. The van der Waals surface area contributed by atoms with Crippen LogP contribution >= 0.6 is 15.9 Å². The number of methoxy groups -OCH3 is 1. The number of benzene rings is 1. The summed E-state index contributed by atoms with van der Waals surface area (Å²) in [7, 11) is 1.22. The van der Waals surface area contributed by atoms with E-state index in [2.05, 4.69) is 26.0 Å². The zero-order valence-electron chi connectivity index (χ0n) is 8.42. The summed E-state index contributed by atoms with van der Waals surface area (Å²) in [6, 6.07) is 3.94. The lowest BCUT2D eigenvalue weighted by Gasteiger charge is -2.04. The van der Waals surface area contributed by atoms with E-state index in [9.17, 15) is 14.0 Å². The maximum absolute atomic E-state index is 13.1. The molecule has 1 N–H and O–H groups in total. The molecule has 0 heterocycles. The third kappa shape index (κ3) is 3.30. The lowest BCUT2D eigenvalue weighted by molar-refractivity contribution is -0.139. The molecule has 0 saturated heterocycles. The molecule has 0 spiro atoms. The standard InChI is InChI=1S/C10H9BrFNO3/c1-16-9(14)5-13-10(15)6-2-3-7(11)8(12)4-6/h2-4H,5H2,1H3,(H,13,15). The van der Waals surface area contributed by atoms with Crippen LogP contribution in [0.1, 0.15) is 10.4 Å². The lowest BCUT2D eigenvalue weighted by atomic mass is 10.2. The highest BCUT2D eigenvalue weighted by molar-refractivity contribution is 9.10. The van der Waals surface area contributed by atoms with Crippen molar-refractivity contribution >= 4 is 27.8 Å². The minimum atomic E-state index is -0.564. The van der Waals surface area contributed by atoms with E-state index in [0.29, 0.717) is 0 Å². The van der Waals surface area contributed by atoms with E-state index >= 15 is 0 Å². The van der Waals surface area contributed by atoms with Crippen molar-refractivity contribution in [2.75, 3.05) is 13.7 Å². The lowest BCUT2D eigenvalue weighted by Crippen LogP contribution is -2.30. The van der Waals surface area contributed by atoms with Gasteiger partial charge in [0, 0.05) is 5.56 Å². The van der Waals surface area contributed by atoms with Crippen molar-refractivity contribution < 1.29 is 18.7 Å². The molecule has 0 aliphatic rings. The first-order chi connectivity index (χ1) is 7.54. The number of ether oxygens (including phenoxy) is 1. The van der Waals surface area contributed by atoms with E-state index in [1.54, 1.807) is 0 Å². The number of nitrogens with one attached hydrogen (secondary N) is 1. The van der Waals surface area contributed by atoms with Crippen molar-refractivity contribution in [2.24, 2.45) is 0 Å². The van der Waals surface area contributed by atoms with E-state index in [1.165, 1.54) is 19.2 Å². The Bertz CT molecular complexity index is 423. The predicted molar refractivity (Wildman–Crippen MR) is 58.4 cm³/mol. The highest BCUT2D eigenvalue weighted by atomic mass is 79.9. The van der Waals surface area contributed by atoms with Gasteiger partial charge in [-0.25, -0.2) is 4.39 Å². The van der Waals surface area contributed by atoms with Crippen LogP contribution < -0.4 is 5.32 Å². The van der Waals surface area contributed by atoms with Gasteiger partial charge in [0.1, 0.15) is 12.4 Å². The van der Waals surface area contributed by atoms with Crippen molar-refractivity contribution in [1.82, 2.24) is 5.32 Å². The summed E-state index contributed by atoms with van der Waals surface area (Å²) in [5.41, 5.74) is 0.143. The SMILES string of the molecule is COC(=O)CNC(=O)c1ccc(Br)c(F)c1. The number of amides is 1. The number of hydrogen-bond donors (Lipinski definition) is 1. The van der Waals surface area contributed by atoms with Gasteiger partial charge in [0.25, 0.3) is 5.91 Å². The Morgan fingerprint density at radius 1 is 1.50 bits per heavy atom. The first-order valence-electron chi connectivity index (χ1n) is 4.34. The molecule has 0 radical (unpaired) electrons. The highest BCUT2D eigenvalue weighted by Crippen LogP contribution is 2.16. The largest absolute Gasteiger partial charge is 0.468 e. The molecular formula is C10H9BrFNO3. The van der Waals surface area contributed by atoms with Gasteiger partial charge in [0.2, 0.25) is 0 Å². The van der Waals surface area contributed by atoms with Crippen LogP contribution in [0.3, 0.4) is 0 Å². The number of esters is 1. The third-order valence-corrected chi connectivity index (χ3v) is 2.45. The summed E-state index contributed by atoms with van der Waals surface area (Å²) >= 11 is 2.97. The summed E-state index contributed by atoms with van der Waals surface area (Å²) in [5, 5.41) is 2.30. The number of rotatable bonds is 3. The Hall–Kier alpha value is -1.43. The second-order valence-electron chi connectivity index (χ2n) is 2.89. The molecule has 0 fully saturated rings. The number of halogens is 2. The molecule has 1 aromatic rings. The fourth-order valence-electron chi connectivity index (χ4n) is 0.964. The summed E-state index contributed by atoms with van der Waals surface area (Å²) in [6.45, 7) is -0.243. The first-order valence-corrected chi connectivity index (χ1v) is 5.14. The van der Waals surface area contributed by atoms with Crippen molar-refractivity contribution in [3.05, 3.63) is 34.1 Å². The van der Waals surface area contributed by atoms with Crippen molar-refractivity contribution in [3.8, 4) is 0 Å². The van der Waals surface area contributed by atoms with Crippen molar-refractivity contribution in [2.45, 2.75) is 0 Å². The molecule has 1 amide bonds. The second kappa shape index (κ2) is 5.60. The van der Waals surface area contributed by atoms with Gasteiger partial charge < -0.3 is 10.1 Å². The Morgan fingerprint density at radius 3 is 2.75 bits per heavy atom. The minimum absolute atomic E-state index is 0.143. The van der Waals surface area contributed by atoms with Gasteiger partial charge in [-0.05, 0) is 34.1 Å². The Morgan fingerprint density at radius 2 is 2.19 bits per heavy atom. The molecule has 1 aromatic carbocycles. The van der Waals surface area contributed by atoms with Crippen molar-refractivity contribution in [1.29, 1.82) is 0 Å². The molecular weight excluding hydrogens is 281 g/mol. The molecule has 0 aliphatic heterocycles. The van der Waals surface area contributed by atoms with Gasteiger partial charge >= 0.3 is 5.97 Å². The fraction of sp³-hybridized carbons (Fsp3) is 0.200. The Balaban J connectivity index is 2.66. The monoisotopic (exact) mass is 289 g/mol. The molecule has 0 aliphatic carbocycles. The maximum atomic E-state index is 13.1. The highest BCUT2D eigenvalue weighted by Gasteiger charge is 2.09. The van der Waals surface area contributed by atoms with E-state index < -0.39 is 17.7 Å². The zero-order chi connectivity index (χ0) is 12.1. The second-order valence-corrected chi connectivity index (χ2v) is 3.74. The quantitative estimate of drug-likeness (QED) is 0.858. The van der Waals surface area contributed by atoms with Crippen LogP contribution in [-0.4, -0.2) is 25.5 Å². The zero-order valence-corrected chi connectivity index (χ0v) is 10.0. The average Bonchev–Trinajstić information content (AvgIpc) is 2.29. The molecule has 1 rings (SSSR count). The van der Waals surface area contributed by atoms with Gasteiger partial charge in [0.15, 0.2) is 0 Å². The third-order valence-electron chi connectivity index (χ3n) is 1.80. The average molecular weight is 290 g/mol. The molecule has 0 bridgehead atoms. The number of carbonyl (C=O) groups excluding carboxylic acids is 2. The molecule has 4 nitrogen and oxygen atoms in total. The van der Waals surface area contributed by atoms with E-state index in [0.717, 1.165) is 6.07 Å². The van der Waals surface area contributed by atoms with Gasteiger partial charge in [-0.3, -0.25) is 9.59 Å². The minimum Gasteiger partial charge on any atom is -0.468 e. The summed E-state index contributed by atoms with van der Waals surface area (Å²) < 4.78 is 17.7. The van der Waals surface area contributed by atoms with Crippen LogP contribution in [0, 0.1) is 5.82 Å². The van der Waals surface area contributed by atoms with Crippen LogP contribution in [0.15, 0.2) is 22.7 Å². The van der Waals surface area contributed by atoms with Crippen LogP contribution in [0.5, 0.6) is 0 Å². The topological polar surface area (TPSA) is 55.4 Å². The Kier molecular flexibility index (Phi) is 4.42. The molecule has 6 heteroatoms. The first kappa shape index (κ1) is 12.6. The summed E-state index contributed by atoms with van der Waals surface area (Å²) in [5.74, 6) is -1.63. The van der Waals surface area contributed by atoms with E-state index in [-0.39, 0.29) is 16.6 Å². The van der Waals surface area contributed by atoms with E-state index in [1.807, 2.05) is 0 Å². The molecule has 0 atom stereocenters. The van der Waals surface area contributed by atoms with Crippen LogP contribution in [-0.2, 0) is 9.53 Å². The van der Waals surface area contributed by atoms with Gasteiger partial charge in [-0.15, -0.1) is 0 Å². The maximum Gasteiger partial charge on any atom is 0.325 e. The molecule has 86 valence electrons. The summed E-state index contributed by atoms with van der Waals surface area (Å²) in [6.07, 6.45) is 0. The van der Waals surface area contributed by atoms with Crippen LogP contribution in [0.25, 0.3) is 0 Å². The predicted octanol–water partition coefficient (Wildman–Crippen LogP) is 1.49. The van der Waals surface area contributed by atoms with Crippen LogP contribution in [0.4, 0.5) is 4.39 Å².